The van der Waals surface area contributed by atoms with Crippen molar-refractivity contribution in [1.82, 2.24) is 24.8 Å². The van der Waals surface area contributed by atoms with Gasteiger partial charge in [-0.1, -0.05) is 59.2 Å². The van der Waals surface area contributed by atoms with Crippen LogP contribution in [0.2, 0.25) is 0 Å². The number of aromatic nitrogens is 3. The predicted molar refractivity (Wildman–Crippen MR) is 267 cm³/mol. The first-order valence-electron chi connectivity index (χ1n) is 25.4. The fourth-order valence-corrected chi connectivity index (χ4v) is 11.5. The molecular formula is C51H83BrN6O13. The Morgan fingerprint density at radius 1 is 0.972 bits per heavy atom. The van der Waals surface area contributed by atoms with Crippen LogP contribution >= 0.6 is 15.9 Å². The lowest BCUT2D eigenvalue weighted by Gasteiger charge is -2.49. The minimum atomic E-state index is -1.83. The molecule has 4 aliphatic rings. The molecular weight excluding hydrogens is 984 g/mol. The number of oxime groups is 1. The fraction of sp³-hybridized carbons (Fsp3) is 0.804. The smallest absolute Gasteiger partial charge is 0.311 e. The van der Waals surface area contributed by atoms with E-state index in [9.17, 15) is 30.3 Å². The van der Waals surface area contributed by atoms with Gasteiger partial charge in [-0.25, -0.2) is 4.68 Å². The van der Waals surface area contributed by atoms with Gasteiger partial charge in [0.15, 0.2) is 18.7 Å². The molecule has 0 aliphatic carbocycles. The number of esters is 1. The maximum absolute atomic E-state index is 14.5. The van der Waals surface area contributed by atoms with Crippen LogP contribution in [0.5, 0.6) is 0 Å². The predicted octanol–water partition coefficient (Wildman–Crippen LogP) is 4.06. The number of carbonyl (C=O) groups is 1. The molecule has 3 fully saturated rings. The van der Waals surface area contributed by atoms with Gasteiger partial charge in [0.1, 0.15) is 30.0 Å². The molecule has 4 aliphatic heterocycles. The number of halogens is 1. The Morgan fingerprint density at radius 3 is 2.32 bits per heavy atom. The number of carbonyl (C=O) groups excluding carboxylic acids is 1. The number of nitrogens with zero attached hydrogens (tertiary/aromatic N) is 6. The maximum atomic E-state index is 14.5. The van der Waals surface area contributed by atoms with Gasteiger partial charge >= 0.3 is 5.97 Å². The average molecular weight is 1070 g/mol. The first-order chi connectivity index (χ1) is 33.3. The summed E-state index contributed by atoms with van der Waals surface area (Å²) in [5, 5.41) is 72.8. The van der Waals surface area contributed by atoms with E-state index in [4.69, 9.17) is 33.3 Å². The molecule has 19 nitrogen and oxygen atoms in total. The minimum Gasteiger partial charge on any atom is -0.459 e. The van der Waals surface area contributed by atoms with Crippen LogP contribution in [0.15, 0.2) is 40.1 Å². The van der Waals surface area contributed by atoms with Crippen LogP contribution in [0.3, 0.4) is 0 Å². The number of benzene rings is 1. The number of aliphatic hydroxyl groups excluding tert-OH is 3. The highest BCUT2D eigenvalue weighted by Crippen LogP contribution is 2.40. The van der Waals surface area contributed by atoms with E-state index in [1.807, 2.05) is 70.2 Å². The molecule has 0 amide bonds. The molecule has 20 heteroatoms. The van der Waals surface area contributed by atoms with E-state index >= 15 is 0 Å². The number of hydrogen-bond donors (Lipinski definition) is 5. The normalized spacial score (nSPS) is 41.5. The van der Waals surface area contributed by atoms with Crippen LogP contribution in [-0.4, -0.2) is 193 Å². The van der Waals surface area contributed by atoms with Gasteiger partial charge in [-0.05, 0) is 105 Å². The second-order valence-electron chi connectivity index (χ2n) is 21.8. The van der Waals surface area contributed by atoms with Gasteiger partial charge in [0, 0.05) is 68.1 Å². The Labute approximate surface area is 428 Å². The summed E-state index contributed by atoms with van der Waals surface area (Å²) >= 11 is 3.48. The molecule has 2 aromatic rings. The molecule has 0 radical (unpaired) electrons. The van der Waals surface area contributed by atoms with E-state index in [1.54, 1.807) is 46.2 Å². The van der Waals surface area contributed by atoms with E-state index < -0.39 is 102 Å². The molecule has 0 bridgehead atoms. The highest BCUT2D eigenvalue weighted by molar-refractivity contribution is 9.10. The third kappa shape index (κ3) is 13.6. The Kier molecular flexibility index (Phi) is 19.4. The van der Waals surface area contributed by atoms with Crippen molar-refractivity contribution in [3.8, 4) is 0 Å². The molecule has 6 rings (SSSR count). The Bertz CT molecular complexity index is 2060. The molecule has 19 atom stereocenters. The van der Waals surface area contributed by atoms with Crippen molar-refractivity contribution in [1.29, 1.82) is 0 Å². The fourth-order valence-electron chi connectivity index (χ4n) is 11.2. The largest absolute Gasteiger partial charge is 0.459 e. The Hall–Kier alpha value is -2.70. The number of ether oxygens (including phenoxy) is 6. The van der Waals surface area contributed by atoms with Gasteiger partial charge in [0.05, 0.1) is 59.5 Å². The number of cyclic esters (lactones) is 1. The van der Waals surface area contributed by atoms with Crippen LogP contribution < -0.4 is 0 Å². The summed E-state index contributed by atoms with van der Waals surface area (Å²) in [5.74, 6) is -2.77. The summed E-state index contributed by atoms with van der Waals surface area (Å²) in [6.45, 7) is 19.0. The second kappa shape index (κ2) is 23.9. The number of likely N-dealkylation sites (N-methyl/N-ethyl adjacent to an activating group) is 2. The van der Waals surface area contributed by atoms with Crippen molar-refractivity contribution in [2.45, 2.75) is 211 Å². The van der Waals surface area contributed by atoms with Crippen molar-refractivity contribution >= 4 is 27.6 Å². The quantitative estimate of drug-likeness (QED) is 0.178. The number of methoxy groups -OCH3 is 1. The van der Waals surface area contributed by atoms with E-state index in [2.05, 4.69) is 36.3 Å². The highest BCUT2D eigenvalue weighted by Gasteiger charge is 2.53. The molecule has 2 unspecified atom stereocenters. The van der Waals surface area contributed by atoms with Crippen molar-refractivity contribution < 1.29 is 63.6 Å². The third-order valence-corrected chi connectivity index (χ3v) is 16.2. The highest BCUT2D eigenvalue weighted by atomic mass is 79.9. The molecule has 3 saturated heterocycles. The van der Waals surface area contributed by atoms with Crippen molar-refractivity contribution in [3.05, 3.63) is 46.2 Å². The maximum Gasteiger partial charge on any atom is 0.311 e. The van der Waals surface area contributed by atoms with Crippen molar-refractivity contribution in [2.24, 2.45) is 22.9 Å². The molecule has 5 heterocycles. The summed E-state index contributed by atoms with van der Waals surface area (Å²) < 4.78 is 41.1. The second-order valence-corrected chi connectivity index (χ2v) is 22.8. The average Bonchev–Trinajstić information content (AvgIpc) is 3.99. The van der Waals surface area contributed by atoms with Crippen molar-refractivity contribution in [2.75, 3.05) is 34.3 Å². The molecule has 71 heavy (non-hydrogen) atoms. The molecule has 0 saturated carbocycles. The van der Waals surface area contributed by atoms with E-state index in [0.717, 1.165) is 21.4 Å². The minimum absolute atomic E-state index is 0.103. The van der Waals surface area contributed by atoms with E-state index in [-0.39, 0.29) is 37.4 Å². The zero-order valence-electron chi connectivity index (χ0n) is 44.1. The zero-order chi connectivity index (χ0) is 52.3. The lowest BCUT2D eigenvalue weighted by molar-refractivity contribution is -0.318. The van der Waals surface area contributed by atoms with E-state index in [1.165, 1.54) is 14.0 Å². The summed E-state index contributed by atoms with van der Waals surface area (Å²) in [4.78, 5) is 24.2. The SMILES string of the molecule is CC[C@H]1OC(=O)[C@H](C)[C@@H](O[C@H]2C[C@@](C)(OC)[C@@H](O)[C@H](C)O2)C(C)[C@@H](O[C@@H]2O[C@H](C)C[C@H](N(C)CCc3cn(C[C@@H]4CC(c5ccc(Br)cc5)=NO4)nn3)[C@H]2O)[C@](C)(O)C[C@@H](C)CN(C)[C@H](C)C(O)[C@]1(C)O. The third-order valence-electron chi connectivity index (χ3n) is 15.7. The molecule has 1 aromatic carbocycles. The van der Waals surface area contributed by atoms with Crippen LogP contribution in [-0.2, 0) is 51.0 Å². The number of rotatable bonds is 13. The van der Waals surface area contributed by atoms with Gasteiger partial charge in [-0.2, -0.15) is 0 Å². The summed E-state index contributed by atoms with van der Waals surface area (Å²) in [6, 6.07) is 6.98. The first-order valence-corrected chi connectivity index (χ1v) is 26.2. The van der Waals surface area contributed by atoms with Crippen LogP contribution in [0, 0.1) is 17.8 Å². The summed E-state index contributed by atoms with van der Waals surface area (Å²) in [5.41, 5.74) is -1.85. The van der Waals surface area contributed by atoms with E-state index in [0.29, 0.717) is 38.9 Å². The van der Waals surface area contributed by atoms with Gasteiger partial charge < -0.3 is 68.6 Å². The van der Waals surface area contributed by atoms with Gasteiger partial charge in [-0.15, -0.1) is 5.10 Å². The number of hydrogen-bond acceptors (Lipinski definition) is 18. The lowest BCUT2D eigenvalue weighted by Crippen LogP contribution is -2.61. The van der Waals surface area contributed by atoms with Gasteiger partial charge in [0.2, 0.25) is 0 Å². The lowest BCUT2D eigenvalue weighted by atomic mass is 9.77. The van der Waals surface area contributed by atoms with Crippen LogP contribution in [0.1, 0.15) is 113 Å². The molecule has 5 N–H and O–H groups in total. The Balaban J connectivity index is 1.23. The Morgan fingerprint density at radius 2 is 1.66 bits per heavy atom. The first kappa shape index (κ1) is 57.6. The van der Waals surface area contributed by atoms with Crippen molar-refractivity contribution in [3.63, 3.8) is 0 Å². The molecule has 1 aromatic heterocycles. The molecule has 402 valence electrons. The number of aliphatic hydroxyl groups is 5. The standard InChI is InChI=1S/C51H83BrN6O13/c1-14-40-51(10,64)44(60)32(6)57(12)25-28(2)23-49(8,63)46(30(4)43(31(5)47(62)68-40)69-41-24-50(9,65-13)45(61)33(7)67-41)70-48-42(59)39(21-29(3)66-48)56(11)20-19-36-26-58(55-53-36)27-37-22-38(54-71-37)34-15-17-35(52)18-16-34/h15-18,26,28-33,37,39-46,48,59-61,63-64H,14,19-25,27H2,1-13H3/t28-,29-,30?,31-,32-,33+,37+,39+,40-,41+,42-,43+,44?,45+,46-,48+,49-,50-,51-/m1/s1. The summed E-state index contributed by atoms with van der Waals surface area (Å²) in [6.07, 6.45) is -6.10. The van der Waals surface area contributed by atoms with Gasteiger partial charge in [-0.3, -0.25) is 4.79 Å². The topological polar surface area (TPSA) is 232 Å². The molecule has 0 spiro atoms. The van der Waals surface area contributed by atoms with Crippen LogP contribution in [0.4, 0.5) is 0 Å². The van der Waals surface area contributed by atoms with Crippen LogP contribution in [0.25, 0.3) is 0 Å². The monoisotopic (exact) mass is 1070 g/mol. The zero-order valence-corrected chi connectivity index (χ0v) is 45.6. The van der Waals surface area contributed by atoms with Gasteiger partial charge in [0.25, 0.3) is 0 Å². The summed E-state index contributed by atoms with van der Waals surface area (Å²) in [7, 11) is 5.29.